The second-order valence-electron chi connectivity index (χ2n) is 7.96. The number of nitrogens with one attached hydrogen (secondary N) is 3. The molecule has 0 aliphatic carbocycles. The van der Waals surface area contributed by atoms with E-state index in [2.05, 4.69) is 46.7 Å². The quantitative estimate of drug-likeness (QED) is 0.518. The summed E-state index contributed by atoms with van der Waals surface area (Å²) in [5, 5.41) is 8.54. The number of hydrogen-bond donors (Lipinski definition) is 3. The zero-order valence-corrected chi connectivity index (χ0v) is 18.0. The van der Waals surface area contributed by atoms with Crippen LogP contribution in [0.15, 0.2) is 54.7 Å². The van der Waals surface area contributed by atoms with Gasteiger partial charge in [-0.3, -0.25) is 4.79 Å². The molecular formula is C23H26FN5O2. The molecule has 1 aromatic heterocycles. The average molecular weight is 423 g/mol. The Morgan fingerprint density at radius 3 is 2.48 bits per heavy atom. The highest BCUT2D eigenvalue weighted by Gasteiger charge is 2.15. The lowest BCUT2D eigenvalue weighted by Gasteiger charge is -2.20. The van der Waals surface area contributed by atoms with Crippen LogP contribution in [-0.4, -0.2) is 29.5 Å². The molecule has 0 saturated heterocycles. The van der Waals surface area contributed by atoms with Crippen molar-refractivity contribution in [1.82, 2.24) is 15.3 Å². The van der Waals surface area contributed by atoms with Gasteiger partial charge in [0.2, 0.25) is 5.95 Å². The van der Waals surface area contributed by atoms with Gasteiger partial charge in [0.05, 0.1) is 6.20 Å². The molecule has 1 heterocycles. The second kappa shape index (κ2) is 9.42. The van der Waals surface area contributed by atoms with Crippen LogP contribution >= 0.6 is 0 Å². The van der Waals surface area contributed by atoms with Gasteiger partial charge in [-0.25, -0.2) is 9.37 Å². The molecule has 7 nitrogen and oxygen atoms in total. The molecule has 0 aliphatic heterocycles. The summed E-state index contributed by atoms with van der Waals surface area (Å²) < 4.78 is 19.8. The maximum Gasteiger partial charge on any atom is 0.257 e. The Bertz CT molecular complexity index is 1070. The molecule has 0 fully saturated rings. The zero-order valence-electron chi connectivity index (χ0n) is 18.0. The van der Waals surface area contributed by atoms with E-state index in [-0.39, 0.29) is 29.7 Å². The second-order valence-corrected chi connectivity index (χ2v) is 7.96. The van der Waals surface area contributed by atoms with Crippen molar-refractivity contribution in [3.8, 4) is 5.75 Å². The van der Waals surface area contributed by atoms with E-state index in [1.54, 1.807) is 31.3 Å². The standard InChI is InChI=1S/C23H26FN5O2/c1-23(2,3)15-7-5-8-16(11-15)27-21-19(24)13-26-22(29-21)28-17-9-6-10-18(12-17)31-14-20(30)25-4/h5-13H,14H2,1-4H3,(H,25,30)(H2,26,27,28,29). The Morgan fingerprint density at radius 1 is 1.06 bits per heavy atom. The molecule has 162 valence electrons. The highest BCUT2D eigenvalue weighted by Crippen LogP contribution is 2.27. The predicted octanol–water partition coefficient (Wildman–Crippen LogP) is 4.53. The molecule has 0 spiro atoms. The summed E-state index contributed by atoms with van der Waals surface area (Å²) in [4.78, 5) is 19.6. The lowest BCUT2D eigenvalue weighted by atomic mass is 9.87. The van der Waals surface area contributed by atoms with Crippen molar-refractivity contribution in [3.05, 3.63) is 66.1 Å². The van der Waals surface area contributed by atoms with Crippen LogP contribution in [0.2, 0.25) is 0 Å². The van der Waals surface area contributed by atoms with Gasteiger partial charge in [-0.1, -0.05) is 39.0 Å². The van der Waals surface area contributed by atoms with Gasteiger partial charge in [0, 0.05) is 24.5 Å². The molecule has 3 rings (SSSR count). The number of benzene rings is 2. The number of amides is 1. The number of carbonyl (C=O) groups excluding carboxylic acids is 1. The summed E-state index contributed by atoms with van der Waals surface area (Å²) in [6.07, 6.45) is 1.11. The molecule has 0 atom stereocenters. The van der Waals surface area contributed by atoms with Gasteiger partial charge >= 0.3 is 0 Å². The van der Waals surface area contributed by atoms with Crippen LogP contribution in [0.4, 0.5) is 27.5 Å². The number of likely N-dealkylation sites (N-methyl/N-ethyl adjacent to an activating group) is 1. The van der Waals surface area contributed by atoms with E-state index in [4.69, 9.17) is 4.74 Å². The molecule has 0 aliphatic rings. The lowest BCUT2D eigenvalue weighted by Crippen LogP contribution is -2.24. The van der Waals surface area contributed by atoms with Crippen LogP contribution < -0.4 is 20.7 Å². The first kappa shape index (κ1) is 22.0. The van der Waals surface area contributed by atoms with Crippen LogP contribution in [-0.2, 0) is 10.2 Å². The monoisotopic (exact) mass is 423 g/mol. The topological polar surface area (TPSA) is 88.2 Å². The summed E-state index contributed by atoms with van der Waals surface area (Å²) in [5.41, 5.74) is 2.47. The number of rotatable bonds is 7. The van der Waals surface area contributed by atoms with Gasteiger partial charge < -0.3 is 20.7 Å². The highest BCUT2D eigenvalue weighted by molar-refractivity contribution is 5.77. The van der Waals surface area contributed by atoms with Gasteiger partial charge in [0.1, 0.15) is 5.75 Å². The predicted molar refractivity (Wildman–Crippen MR) is 120 cm³/mol. The molecule has 31 heavy (non-hydrogen) atoms. The number of ether oxygens (including phenoxy) is 1. The molecule has 0 radical (unpaired) electrons. The summed E-state index contributed by atoms with van der Waals surface area (Å²) >= 11 is 0. The van der Waals surface area contributed by atoms with Crippen molar-refractivity contribution >= 4 is 29.0 Å². The Morgan fingerprint density at radius 2 is 1.77 bits per heavy atom. The maximum atomic E-state index is 14.3. The minimum Gasteiger partial charge on any atom is -0.484 e. The van der Waals surface area contributed by atoms with Crippen molar-refractivity contribution in [2.24, 2.45) is 0 Å². The van der Waals surface area contributed by atoms with Crippen LogP contribution in [0, 0.1) is 5.82 Å². The minimum atomic E-state index is -0.561. The average Bonchev–Trinajstić information content (AvgIpc) is 2.74. The van der Waals surface area contributed by atoms with Crippen LogP contribution in [0.5, 0.6) is 5.75 Å². The van der Waals surface area contributed by atoms with Crippen LogP contribution in [0.1, 0.15) is 26.3 Å². The summed E-state index contributed by atoms with van der Waals surface area (Å²) in [6.45, 7) is 6.26. The molecule has 0 unspecified atom stereocenters. The third kappa shape index (κ3) is 6.15. The summed E-state index contributed by atoms with van der Waals surface area (Å²) in [7, 11) is 1.54. The van der Waals surface area contributed by atoms with Crippen molar-refractivity contribution in [3.63, 3.8) is 0 Å². The Balaban J connectivity index is 1.75. The maximum absolute atomic E-state index is 14.3. The fourth-order valence-electron chi connectivity index (χ4n) is 2.73. The molecule has 1 amide bonds. The number of nitrogens with zero attached hydrogens (tertiary/aromatic N) is 2. The first-order valence-electron chi connectivity index (χ1n) is 9.85. The van der Waals surface area contributed by atoms with E-state index in [1.807, 2.05) is 24.3 Å². The SMILES string of the molecule is CNC(=O)COc1cccc(Nc2ncc(F)c(Nc3cccc(C(C)(C)C)c3)n2)c1. The van der Waals surface area contributed by atoms with Gasteiger partial charge in [0.25, 0.3) is 5.91 Å². The van der Waals surface area contributed by atoms with E-state index >= 15 is 0 Å². The smallest absolute Gasteiger partial charge is 0.257 e. The Labute approximate surface area is 181 Å². The zero-order chi connectivity index (χ0) is 22.4. The molecule has 2 aromatic carbocycles. The van der Waals surface area contributed by atoms with Gasteiger partial charge in [0.15, 0.2) is 18.2 Å². The fraction of sp³-hybridized carbons (Fsp3) is 0.261. The summed E-state index contributed by atoms with van der Waals surface area (Å²) in [5.74, 6) is 0.00353. The number of anilines is 4. The Kier molecular flexibility index (Phi) is 6.69. The number of aromatic nitrogens is 2. The Hall–Kier alpha value is -3.68. The van der Waals surface area contributed by atoms with Crippen molar-refractivity contribution in [1.29, 1.82) is 0 Å². The van der Waals surface area contributed by atoms with Crippen molar-refractivity contribution in [2.45, 2.75) is 26.2 Å². The third-order valence-electron chi connectivity index (χ3n) is 4.47. The van der Waals surface area contributed by atoms with Crippen LogP contribution in [0.3, 0.4) is 0 Å². The molecule has 0 bridgehead atoms. The van der Waals surface area contributed by atoms with E-state index in [9.17, 15) is 9.18 Å². The normalized spacial score (nSPS) is 11.0. The minimum absolute atomic E-state index is 0.0283. The number of hydrogen-bond acceptors (Lipinski definition) is 6. The van der Waals surface area contributed by atoms with Crippen molar-refractivity contribution in [2.75, 3.05) is 24.3 Å². The fourth-order valence-corrected chi connectivity index (χ4v) is 2.73. The molecular weight excluding hydrogens is 397 g/mol. The number of halogens is 1. The van der Waals surface area contributed by atoms with Gasteiger partial charge in [-0.15, -0.1) is 0 Å². The molecule has 0 saturated carbocycles. The van der Waals surface area contributed by atoms with E-state index in [0.29, 0.717) is 11.4 Å². The lowest BCUT2D eigenvalue weighted by molar-refractivity contribution is -0.122. The van der Waals surface area contributed by atoms with Gasteiger partial charge in [-0.05, 0) is 35.2 Å². The number of carbonyl (C=O) groups is 1. The van der Waals surface area contributed by atoms with Gasteiger partial charge in [-0.2, -0.15) is 4.98 Å². The molecule has 8 heteroatoms. The van der Waals surface area contributed by atoms with Crippen molar-refractivity contribution < 1.29 is 13.9 Å². The van der Waals surface area contributed by atoms with E-state index < -0.39 is 5.82 Å². The van der Waals surface area contributed by atoms with E-state index in [0.717, 1.165) is 17.4 Å². The first-order chi connectivity index (χ1) is 14.7. The third-order valence-corrected chi connectivity index (χ3v) is 4.47. The largest absolute Gasteiger partial charge is 0.484 e. The van der Waals surface area contributed by atoms with E-state index in [1.165, 1.54) is 0 Å². The van der Waals surface area contributed by atoms with Crippen LogP contribution in [0.25, 0.3) is 0 Å². The summed E-state index contributed by atoms with van der Waals surface area (Å²) in [6, 6.07) is 14.8. The highest BCUT2D eigenvalue weighted by atomic mass is 19.1. The first-order valence-corrected chi connectivity index (χ1v) is 9.85. The molecule has 3 N–H and O–H groups in total. The molecule has 3 aromatic rings.